The number of piperazine rings is 1. The number of halogens is 1. The maximum absolute atomic E-state index is 13.5. The van der Waals surface area contributed by atoms with Gasteiger partial charge in [-0.1, -0.05) is 18.2 Å². The van der Waals surface area contributed by atoms with Crippen molar-refractivity contribution in [3.63, 3.8) is 0 Å². The standard InChI is InChI=1S/C26H25FN6O2/c27-19-8-10-21(11-9-19)33-25-22(16-28-33)24(18-6-7-18)29-32(26(25)35)17-23(34)31-14-12-30(13-15-31)20-4-2-1-3-5-20/h1-5,8-11,16,18H,6-7,12-15,17H2. The summed E-state index contributed by atoms with van der Waals surface area (Å²) in [4.78, 5) is 30.7. The number of rotatable bonds is 5. The van der Waals surface area contributed by atoms with Crippen molar-refractivity contribution in [2.45, 2.75) is 25.3 Å². The van der Waals surface area contributed by atoms with E-state index < -0.39 is 0 Å². The number of aromatic nitrogens is 4. The van der Waals surface area contributed by atoms with Crippen LogP contribution in [0.5, 0.6) is 0 Å². The molecule has 1 aliphatic carbocycles. The number of benzene rings is 2. The Morgan fingerprint density at radius 1 is 0.943 bits per heavy atom. The number of anilines is 1. The van der Waals surface area contributed by atoms with E-state index in [4.69, 9.17) is 0 Å². The van der Waals surface area contributed by atoms with Crippen LogP contribution in [-0.2, 0) is 11.3 Å². The second-order valence-corrected chi connectivity index (χ2v) is 9.12. The maximum atomic E-state index is 13.5. The second kappa shape index (κ2) is 8.65. The highest BCUT2D eigenvalue weighted by Gasteiger charge is 2.31. The van der Waals surface area contributed by atoms with E-state index in [-0.39, 0.29) is 29.7 Å². The van der Waals surface area contributed by atoms with Crippen LogP contribution in [-0.4, -0.2) is 56.5 Å². The Kier molecular flexibility index (Phi) is 5.32. The van der Waals surface area contributed by atoms with E-state index in [2.05, 4.69) is 27.2 Å². The summed E-state index contributed by atoms with van der Waals surface area (Å²) >= 11 is 0. The quantitative estimate of drug-likeness (QED) is 0.447. The minimum absolute atomic E-state index is 0.117. The Morgan fingerprint density at radius 2 is 1.66 bits per heavy atom. The molecule has 0 bridgehead atoms. The molecule has 178 valence electrons. The van der Waals surface area contributed by atoms with E-state index in [1.165, 1.54) is 21.5 Å². The van der Waals surface area contributed by atoms with E-state index in [0.29, 0.717) is 29.7 Å². The van der Waals surface area contributed by atoms with Crippen molar-refractivity contribution >= 4 is 22.5 Å². The first kappa shape index (κ1) is 21.5. The van der Waals surface area contributed by atoms with Gasteiger partial charge in [0.25, 0.3) is 5.56 Å². The van der Waals surface area contributed by atoms with Crippen LogP contribution in [0.2, 0.25) is 0 Å². The smallest absolute Gasteiger partial charge is 0.293 e. The third-order valence-electron chi connectivity index (χ3n) is 6.78. The van der Waals surface area contributed by atoms with Gasteiger partial charge in [0.05, 0.1) is 17.6 Å². The largest absolute Gasteiger partial charge is 0.368 e. The topological polar surface area (TPSA) is 76.3 Å². The Morgan fingerprint density at radius 3 is 2.34 bits per heavy atom. The maximum Gasteiger partial charge on any atom is 0.293 e. The van der Waals surface area contributed by atoms with E-state index >= 15 is 0 Å². The zero-order valence-electron chi connectivity index (χ0n) is 19.2. The van der Waals surface area contributed by atoms with Crippen molar-refractivity contribution in [2.75, 3.05) is 31.1 Å². The van der Waals surface area contributed by atoms with Gasteiger partial charge in [-0.25, -0.2) is 13.8 Å². The molecule has 2 aromatic heterocycles. The van der Waals surface area contributed by atoms with Gasteiger partial charge in [0.1, 0.15) is 17.9 Å². The number of para-hydroxylation sites is 1. The third-order valence-corrected chi connectivity index (χ3v) is 6.78. The van der Waals surface area contributed by atoms with Crippen LogP contribution in [0, 0.1) is 5.82 Å². The number of carbonyl (C=O) groups excluding carboxylic acids is 1. The predicted octanol–water partition coefficient (Wildman–Crippen LogP) is 2.95. The number of fused-ring (bicyclic) bond motifs is 1. The molecule has 0 radical (unpaired) electrons. The summed E-state index contributed by atoms with van der Waals surface area (Å²) in [7, 11) is 0. The molecule has 8 nitrogen and oxygen atoms in total. The molecule has 6 rings (SSSR count). The third kappa shape index (κ3) is 4.07. The summed E-state index contributed by atoms with van der Waals surface area (Å²) in [6.07, 6.45) is 3.64. The lowest BCUT2D eigenvalue weighted by atomic mass is 10.2. The molecular formula is C26H25FN6O2. The number of hydrogen-bond acceptors (Lipinski definition) is 5. The monoisotopic (exact) mass is 472 g/mol. The number of nitrogens with zero attached hydrogens (tertiary/aromatic N) is 6. The molecule has 9 heteroatoms. The van der Waals surface area contributed by atoms with Crippen LogP contribution in [0.3, 0.4) is 0 Å². The SMILES string of the molecule is O=C(Cn1nc(C2CC2)c2cnn(-c3ccc(F)cc3)c2c1=O)N1CCN(c2ccccc2)CC1. The van der Waals surface area contributed by atoms with Gasteiger partial charge < -0.3 is 9.80 Å². The van der Waals surface area contributed by atoms with E-state index in [0.717, 1.165) is 37.3 Å². The summed E-state index contributed by atoms with van der Waals surface area (Å²) in [5.74, 6) is -0.220. The fraction of sp³-hybridized carbons (Fsp3) is 0.308. The molecule has 0 spiro atoms. The molecule has 2 fully saturated rings. The van der Waals surface area contributed by atoms with Crippen molar-refractivity contribution in [2.24, 2.45) is 0 Å². The van der Waals surface area contributed by atoms with Crippen LogP contribution in [0.25, 0.3) is 16.6 Å². The normalized spacial score (nSPS) is 16.1. The summed E-state index contributed by atoms with van der Waals surface area (Å²) in [5.41, 5.74) is 2.53. The highest BCUT2D eigenvalue weighted by atomic mass is 19.1. The van der Waals surface area contributed by atoms with Gasteiger partial charge in [0.2, 0.25) is 5.91 Å². The fourth-order valence-electron chi connectivity index (χ4n) is 4.72. The van der Waals surface area contributed by atoms with Crippen molar-refractivity contribution in [1.82, 2.24) is 24.5 Å². The lowest BCUT2D eigenvalue weighted by molar-refractivity contribution is -0.132. The average Bonchev–Trinajstić information content (AvgIpc) is 3.64. The summed E-state index contributed by atoms with van der Waals surface area (Å²) < 4.78 is 16.3. The number of hydrogen-bond donors (Lipinski definition) is 0. The van der Waals surface area contributed by atoms with Gasteiger partial charge in [-0.05, 0) is 49.2 Å². The Hall–Kier alpha value is -4.01. The van der Waals surface area contributed by atoms with Crippen molar-refractivity contribution in [3.8, 4) is 5.69 Å². The molecule has 1 saturated carbocycles. The molecule has 2 aliphatic rings. The molecule has 0 unspecified atom stereocenters. The predicted molar refractivity (Wildman–Crippen MR) is 130 cm³/mol. The van der Waals surface area contributed by atoms with E-state index in [1.807, 2.05) is 18.2 Å². The van der Waals surface area contributed by atoms with Gasteiger partial charge in [-0.3, -0.25) is 9.59 Å². The molecule has 4 aromatic rings. The first-order valence-electron chi connectivity index (χ1n) is 11.9. The van der Waals surface area contributed by atoms with Crippen LogP contribution in [0.4, 0.5) is 10.1 Å². The number of carbonyl (C=O) groups is 1. The van der Waals surface area contributed by atoms with Gasteiger partial charge in [-0.15, -0.1) is 0 Å². The summed E-state index contributed by atoms with van der Waals surface area (Å²) in [6.45, 7) is 2.54. The fourth-order valence-corrected chi connectivity index (χ4v) is 4.72. The van der Waals surface area contributed by atoms with Crippen molar-refractivity contribution in [1.29, 1.82) is 0 Å². The molecule has 0 N–H and O–H groups in total. The van der Waals surface area contributed by atoms with Gasteiger partial charge in [0.15, 0.2) is 0 Å². The molecule has 35 heavy (non-hydrogen) atoms. The first-order chi connectivity index (χ1) is 17.1. The van der Waals surface area contributed by atoms with Crippen LogP contribution >= 0.6 is 0 Å². The Bertz CT molecular complexity index is 1430. The van der Waals surface area contributed by atoms with Crippen molar-refractivity contribution in [3.05, 3.63) is 82.7 Å². The van der Waals surface area contributed by atoms with E-state index in [9.17, 15) is 14.0 Å². The minimum atomic E-state index is -0.373. The highest BCUT2D eigenvalue weighted by molar-refractivity contribution is 5.83. The molecule has 1 aliphatic heterocycles. The van der Waals surface area contributed by atoms with Crippen LogP contribution in [0.1, 0.15) is 24.5 Å². The lowest BCUT2D eigenvalue weighted by Gasteiger charge is -2.36. The average molecular weight is 473 g/mol. The number of amides is 1. The zero-order valence-corrected chi connectivity index (χ0v) is 19.2. The molecular weight excluding hydrogens is 447 g/mol. The molecule has 2 aromatic carbocycles. The van der Waals surface area contributed by atoms with Gasteiger partial charge in [0, 0.05) is 43.2 Å². The van der Waals surface area contributed by atoms with Gasteiger partial charge in [-0.2, -0.15) is 10.2 Å². The molecule has 3 heterocycles. The second-order valence-electron chi connectivity index (χ2n) is 9.12. The van der Waals surface area contributed by atoms with E-state index in [1.54, 1.807) is 23.2 Å². The molecule has 1 amide bonds. The van der Waals surface area contributed by atoms with Crippen LogP contribution in [0.15, 0.2) is 65.6 Å². The molecule has 1 saturated heterocycles. The minimum Gasteiger partial charge on any atom is -0.368 e. The Labute approximate surface area is 201 Å². The van der Waals surface area contributed by atoms with Crippen molar-refractivity contribution < 1.29 is 9.18 Å². The lowest BCUT2D eigenvalue weighted by Crippen LogP contribution is -2.50. The summed E-state index contributed by atoms with van der Waals surface area (Å²) in [6, 6.07) is 16.0. The van der Waals surface area contributed by atoms with Crippen LogP contribution < -0.4 is 10.5 Å². The summed E-state index contributed by atoms with van der Waals surface area (Å²) in [5, 5.41) is 9.72. The van der Waals surface area contributed by atoms with Gasteiger partial charge >= 0.3 is 0 Å². The first-order valence-corrected chi connectivity index (χ1v) is 11.9. The zero-order chi connectivity index (χ0) is 23.9. The Balaban J connectivity index is 1.28. The highest BCUT2D eigenvalue weighted by Crippen LogP contribution is 2.41. The molecule has 0 atom stereocenters.